The van der Waals surface area contributed by atoms with E-state index in [1.807, 2.05) is 0 Å². The van der Waals surface area contributed by atoms with Crippen molar-refractivity contribution in [2.24, 2.45) is 0 Å². The van der Waals surface area contributed by atoms with Crippen LogP contribution in [0, 0.1) is 10.4 Å². The molecule has 2 unspecified atom stereocenters. The lowest BCUT2D eigenvalue weighted by Gasteiger charge is -2.18. The number of nitrogens with one attached hydrogen (secondary N) is 2. The average molecular weight is 335 g/mol. The highest BCUT2D eigenvalue weighted by Gasteiger charge is 2.18. The zero-order valence-electron chi connectivity index (χ0n) is 10.1. The molecule has 0 aliphatic heterocycles. The van der Waals surface area contributed by atoms with Gasteiger partial charge in [0.15, 0.2) is 11.4 Å². The first-order valence-electron chi connectivity index (χ1n) is 5.37. The van der Waals surface area contributed by atoms with Gasteiger partial charge in [0.2, 0.25) is 0 Å². The molecule has 0 radical (unpaired) electrons. The van der Waals surface area contributed by atoms with Crippen LogP contribution >= 0.6 is 23.2 Å². The topological polar surface area (TPSA) is 130 Å². The molecule has 1 heterocycles. The normalized spacial score (nSPS) is 14.0. The number of hydrogen-bond acceptors (Lipinski definition) is 6. The third-order valence-corrected chi connectivity index (χ3v) is 3.33. The van der Waals surface area contributed by atoms with Gasteiger partial charge in [-0.3, -0.25) is 4.79 Å². The van der Waals surface area contributed by atoms with Crippen molar-refractivity contribution < 1.29 is 20.9 Å². The lowest BCUT2D eigenvalue weighted by molar-refractivity contribution is -0.996. The Morgan fingerprint density at radius 1 is 1.19 bits per heavy atom. The van der Waals surface area contributed by atoms with Gasteiger partial charge in [0.05, 0.1) is 17.3 Å². The summed E-state index contributed by atoms with van der Waals surface area (Å²) in [4.78, 5) is 12.0. The van der Waals surface area contributed by atoms with Gasteiger partial charge < -0.3 is 10.4 Å². The third kappa shape index (κ3) is 3.05. The van der Waals surface area contributed by atoms with E-state index >= 15 is 0 Å². The average Bonchev–Trinajstić information content (AvgIpc) is 2.44. The van der Waals surface area contributed by atoms with E-state index in [0.29, 0.717) is 0 Å². The molecule has 112 valence electrons. The quantitative estimate of drug-likeness (QED) is 0.551. The predicted molar refractivity (Wildman–Crippen MR) is 71.4 cm³/mol. The van der Waals surface area contributed by atoms with E-state index in [-0.39, 0.29) is 21.4 Å². The maximum Gasteiger partial charge on any atom is 0.292 e. The fourth-order valence-electron chi connectivity index (χ4n) is 1.61. The fraction of sp³-hybridized carbons (Fsp3) is 0. The number of benzene rings is 1. The number of rotatable bonds is 3. The van der Waals surface area contributed by atoms with Gasteiger partial charge in [0.25, 0.3) is 5.56 Å². The van der Waals surface area contributed by atoms with Gasteiger partial charge in [-0.2, -0.15) is 20.2 Å². The second-order valence-electron chi connectivity index (χ2n) is 3.87. The molecule has 0 spiro atoms. The summed E-state index contributed by atoms with van der Waals surface area (Å²) in [6.07, 6.45) is 1.09. The zero-order chi connectivity index (χ0) is 15.7. The molecule has 21 heavy (non-hydrogen) atoms. The third-order valence-electron chi connectivity index (χ3n) is 2.58. The second-order valence-corrected chi connectivity index (χ2v) is 4.65. The second kappa shape index (κ2) is 6.05. The maximum atomic E-state index is 12.0. The molecule has 0 bridgehead atoms. The largest absolute Gasteiger partial charge is 0.595 e. The number of aromatic nitrogens is 2. The van der Waals surface area contributed by atoms with E-state index in [9.17, 15) is 15.2 Å². The molecule has 2 rings (SSSR count). The Morgan fingerprint density at radius 2 is 1.86 bits per heavy atom. The lowest BCUT2D eigenvalue weighted by Crippen LogP contribution is -3.01. The van der Waals surface area contributed by atoms with E-state index in [4.69, 9.17) is 33.6 Å². The highest BCUT2D eigenvalue weighted by atomic mass is 35.5. The molecule has 4 N–H and O–H groups in total. The van der Waals surface area contributed by atoms with Crippen LogP contribution in [-0.4, -0.2) is 20.2 Å². The lowest BCUT2D eigenvalue weighted by atomic mass is 10.2. The van der Waals surface area contributed by atoms with Crippen molar-refractivity contribution in [2.45, 2.75) is 0 Å². The highest BCUT2D eigenvalue weighted by molar-refractivity contribution is 6.41. The summed E-state index contributed by atoms with van der Waals surface area (Å²) in [5, 5.41) is 40.8. The van der Waals surface area contributed by atoms with Crippen LogP contribution in [0.15, 0.2) is 29.2 Å². The first-order chi connectivity index (χ1) is 9.82. The number of hydrogen-bond donors (Lipinski definition) is 4. The molecular weight excluding hydrogens is 327 g/mol. The predicted octanol–water partition coefficient (Wildman–Crippen LogP) is -0.654. The van der Waals surface area contributed by atoms with Crippen LogP contribution in [0.5, 0.6) is 0 Å². The summed E-state index contributed by atoms with van der Waals surface area (Å²) < 4.78 is 0.739. The van der Waals surface area contributed by atoms with E-state index in [1.165, 1.54) is 0 Å². The molecule has 0 fully saturated rings. The molecule has 1 aromatic carbocycles. The molecule has 2 aromatic rings. The van der Waals surface area contributed by atoms with Gasteiger partial charge in [-0.05, 0) is 6.07 Å². The smallest absolute Gasteiger partial charge is 0.292 e. The summed E-state index contributed by atoms with van der Waals surface area (Å²) in [5.74, 6) is 0. The van der Waals surface area contributed by atoms with Crippen molar-refractivity contribution in [3.8, 4) is 5.69 Å². The monoisotopic (exact) mass is 334 g/mol. The SMILES string of the molecule is O=c1c(Cl)c(Cl)cnn1-c1ccc([NH+]([O-])O)cc1[NH+]([O-])O. The molecular formula is C10H8Cl2N4O5. The van der Waals surface area contributed by atoms with Gasteiger partial charge in [-0.25, -0.2) is 10.4 Å². The molecule has 11 heteroatoms. The van der Waals surface area contributed by atoms with Crippen molar-refractivity contribution in [1.29, 1.82) is 0 Å². The highest BCUT2D eigenvalue weighted by Crippen LogP contribution is 2.20. The van der Waals surface area contributed by atoms with Crippen LogP contribution in [0.2, 0.25) is 10.0 Å². The van der Waals surface area contributed by atoms with E-state index in [1.54, 1.807) is 0 Å². The van der Waals surface area contributed by atoms with Crippen molar-refractivity contribution in [2.75, 3.05) is 0 Å². The first-order valence-corrected chi connectivity index (χ1v) is 6.13. The van der Waals surface area contributed by atoms with E-state index in [2.05, 4.69) is 5.10 Å². The number of nitrogens with zero attached hydrogens (tertiary/aromatic N) is 2. The number of quaternary nitrogens is 2. The molecule has 0 saturated heterocycles. The standard InChI is InChI=1S/C10H8Cl2N4O5/c11-6-4-13-14(10(17)9(6)12)7-2-1-5(15(18)19)3-8(7)16(20)21/h1-4,15-16,18,20H. The van der Waals surface area contributed by atoms with E-state index < -0.39 is 21.7 Å². The van der Waals surface area contributed by atoms with Crippen molar-refractivity contribution >= 4 is 34.6 Å². The molecule has 0 amide bonds. The minimum absolute atomic E-state index is 0.0723. The van der Waals surface area contributed by atoms with Crippen molar-refractivity contribution in [3.05, 3.63) is 55.2 Å². The van der Waals surface area contributed by atoms with Crippen LogP contribution < -0.4 is 16.0 Å². The molecule has 2 atom stereocenters. The zero-order valence-corrected chi connectivity index (χ0v) is 11.6. The van der Waals surface area contributed by atoms with E-state index in [0.717, 1.165) is 29.1 Å². The van der Waals surface area contributed by atoms with Crippen LogP contribution in [0.3, 0.4) is 0 Å². The summed E-state index contributed by atoms with van der Waals surface area (Å²) in [6, 6.07) is 3.24. The Morgan fingerprint density at radius 3 is 2.43 bits per heavy atom. The molecule has 9 nitrogen and oxygen atoms in total. The first kappa shape index (κ1) is 15.8. The summed E-state index contributed by atoms with van der Waals surface area (Å²) in [6.45, 7) is 0. The Bertz CT molecular complexity index is 734. The Labute approximate surface area is 126 Å². The van der Waals surface area contributed by atoms with Gasteiger partial charge in [-0.1, -0.05) is 23.2 Å². The Hall–Kier alpha value is -1.56. The minimum atomic E-state index is -1.41. The summed E-state index contributed by atoms with van der Waals surface area (Å²) in [7, 11) is 0. The Balaban J connectivity index is 2.70. The van der Waals surface area contributed by atoms with Crippen LogP contribution in [0.1, 0.15) is 0 Å². The number of halogens is 2. The van der Waals surface area contributed by atoms with Crippen LogP contribution in [-0.2, 0) is 0 Å². The Kier molecular flexibility index (Phi) is 4.56. The van der Waals surface area contributed by atoms with Gasteiger partial charge in [0, 0.05) is 6.07 Å². The van der Waals surface area contributed by atoms with Crippen molar-refractivity contribution in [3.63, 3.8) is 0 Å². The summed E-state index contributed by atoms with van der Waals surface area (Å²) in [5.41, 5.74) is -1.56. The van der Waals surface area contributed by atoms with Gasteiger partial charge in [0.1, 0.15) is 10.7 Å². The summed E-state index contributed by atoms with van der Waals surface area (Å²) >= 11 is 11.3. The van der Waals surface area contributed by atoms with Crippen LogP contribution in [0.4, 0.5) is 11.4 Å². The van der Waals surface area contributed by atoms with Gasteiger partial charge >= 0.3 is 0 Å². The molecule has 0 aliphatic carbocycles. The fourth-order valence-corrected chi connectivity index (χ4v) is 1.86. The van der Waals surface area contributed by atoms with Gasteiger partial charge in [-0.15, -0.1) is 0 Å². The van der Waals surface area contributed by atoms with Crippen LogP contribution in [0.25, 0.3) is 5.69 Å². The minimum Gasteiger partial charge on any atom is -0.595 e. The van der Waals surface area contributed by atoms with Crippen molar-refractivity contribution in [1.82, 2.24) is 9.78 Å². The molecule has 1 aromatic heterocycles. The molecule has 0 saturated carbocycles. The molecule has 0 aliphatic rings. The maximum absolute atomic E-state index is 12.0.